The molecular formula is C22H24F3N3O2. The highest BCUT2D eigenvalue weighted by molar-refractivity contribution is 6.01. The molecule has 0 aromatic heterocycles. The van der Waals surface area contributed by atoms with Crippen LogP contribution in [0.3, 0.4) is 0 Å². The lowest BCUT2D eigenvalue weighted by Crippen LogP contribution is -2.36. The van der Waals surface area contributed by atoms with E-state index in [-0.39, 0.29) is 11.6 Å². The Hall–Kier alpha value is -3.03. The number of amides is 3. The minimum absolute atomic E-state index is 0.0744. The van der Waals surface area contributed by atoms with E-state index in [1.165, 1.54) is 18.2 Å². The lowest BCUT2D eigenvalue weighted by atomic mass is 9.99. The second kappa shape index (κ2) is 8.77. The Labute approximate surface area is 173 Å². The van der Waals surface area contributed by atoms with Crippen molar-refractivity contribution in [2.24, 2.45) is 5.92 Å². The number of rotatable bonds is 5. The normalized spacial score (nSPS) is 13.9. The van der Waals surface area contributed by atoms with Gasteiger partial charge >= 0.3 is 12.2 Å². The summed E-state index contributed by atoms with van der Waals surface area (Å²) in [5, 5.41) is 4.83. The molecule has 0 saturated carbocycles. The lowest BCUT2D eigenvalue weighted by Gasteiger charge is -2.30. The highest BCUT2D eigenvalue weighted by Gasteiger charge is 2.33. The molecule has 2 aromatic carbocycles. The summed E-state index contributed by atoms with van der Waals surface area (Å²) < 4.78 is 39.3. The quantitative estimate of drug-likeness (QED) is 0.656. The highest BCUT2D eigenvalue weighted by atomic mass is 19.4. The number of hydrogen-bond donors (Lipinski definition) is 2. The van der Waals surface area contributed by atoms with Gasteiger partial charge in [-0.2, -0.15) is 13.2 Å². The third-order valence-electron chi connectivity index (χ3n) is 4.95. The van der Waals surface area contributed by atoms with Crippen molar-refractivity contribution in [1.29, 1.82) is 0 Å². The fraction of sp³-hybridized carbons (Fsp3) is 0.364. The molecule has 30 heavy (non-hydrogen) atoms. The number of carbonyl (C=O) groups is 2. The van der Waals surface area contributed by atoms with Crippen LogP contribution < -0.4 is 15.5 Å². The zero-order chi connectivity index (χ0) is 21.9. The molecule has 0 radical (unpaired) electrons. The third-order valence-corrected chi connectivity index (χ3v) is 4.95. The Morgan fingerprint density at radius 3 is 2.53 bits per heavy atom. The molecule has 3 rings (SSSR count). The summed E-state index contributed by atoms with van der Waals surface area (Å²) in [5.41, 5.74) is 0.969. The van der Waals surface area contributed by atoms with E-state index in [0.717, 1.165) is 23.7 Å². The second-order valence-corrected chi connectivity index (χ2v) is 7.69. The molecule has 0 unspecified atom stereocenters. The first-order chi connectivity index (χ1) is 14.1. The predicted octanol–water partition coefficient (Wildman–Crippen LogP) is 5.67. The molecular weight excluding hydrogens is 395 g/mol. The number of aryl methyl sites for hydroxylation is 1. The summed E-state index contributed by atoms with van der Waals surface area (Å²) in [6.45, 7) is 4.82. The van der Waals surface area contributed by atoms with Crippen molar-refractivity contribution >= 4 is 29.0 Å². The zero-order valence-electron chi connectivity index (χ0n) is 16.8. The number of fused-ring (bicyclic) bond motifs is 1. The molecule has 1 heterocycles. The summed E-state index contributed by atoms with van der Waals surface area (Å²) in [6, 6.07) is 9.22. The summed E-state index contributed by atoms with van der Waals surface area (Å²) in [7, 11) is 0. The van der Waals surface area contributed by atoms with E-state index in [9.17, 15) is 22.8 Å². The van der Waals surface area contributed by atoms with Crippen molar-refractivity contribution < 1.29 is 22.8 Å². The van der Waals surface area contributed by atoms with Gasteiger partial charge in [0.15, 0.2) is 0 Å². The van der Waals surface area contributed by atoms with E-state index in [1.807, 2.05) is 0 Å². The van der Waals surface area contributed by atoms with Crippen LogP contribution in [0, 0.1) is 5.92 Å². The number of nitrogens with one attached hydrogen (secondary N) is 2. The van der Waals surface area contributed by atoms with Crippen molar-refractivity contribution in [1.82, 2.24) is 0 Å². The molecule has 2 N–H and O–H groups in total. The Bertz CT molecular complexity index is 941. The molecule has 0 aliphatic carbocycles. The summed E-state index contributed by atoms with van der Waals surface area (Å²) in [5.74, 6) is 0.540. The van der Waals surface area contributed by atoms with Gasteiger partial charge in [0.2, 0.25) is 5.91 Å². The first kappa shape index (κ1) is 21.7. The maximum Gasteiger partial charge on any atom is 0.418 e. The van der Waals surface area contributed by atoms with Gasteiger partial charge in [0.1, 0.15) is 0 Å². The molecule has 0 spiro atoms. The van der Waals surface area contributed by atoms with Gasteiger partial charge in [-0.3, -0.25) is 4.79 Å². The van der Waals surface area contributed by atoms with E-state index in [4.69, 9.17) is 0 Å². The smallest absolute Gasteiger partial charge is 0.312 e. The van der Waals surface area contributed by atoms with Crippen molar-refractivity contribution in [2.75, 3.05) is 22.1 Å². The van der Waals surface area contributed by atoms with Gasteiger partial charge in [0.05, 0.1) is 11.3 Å². The van der Waals surface area contributed by atoms with Crippen LogP contribution in [-0.2, 0) is 17.4 Å². The monoisotopic (exact) mass is 419 g/mol. The molecule has 160 valence electrons. The molecule has 8 heteroatoms. The summed E-state index contributed by atoms with van der Waals surface area (Å²) in [6.07, 6.45) is -2.74. The van der Waals surface area contributed by atoms with Gasteiger partial charge in [0, 0.05) is 24.3 Å². The number of halogens is 3. The predicted molar refractivity (Wildman–Crippen MR) is 111 cm³/mol. The molecule has 0 atom stereocenters. The topological polar surface area (TPSA) is 61.4 Å². The Morgan fingerprint density at radius 2 is 1.83 bits per heavy atom. The van der Waals surface area contributed by atoms with Gasteiger partial charge < -0.3 is 15.5 Å². The maximum atomic E-state index is 13.1. The van der Waals surface area contributed by atoms with Crippen LogP contribution in [-0.4, -0.2) is 18.5 Å². The average Bonchev–Trinajstić information content (AvgIpc) is 2.66. The minimum Gasteiger partial charge on any atom is -0.312 e. The third kappa shape index (κ3) is 5.11. The lowest BCUT2D eigenvalue weighted by molar-refractivity contribution is -0.136. The Morgan fingerprint density at radius 1 is 1.10 bits per heavy atom. The van der Waals surface area contributed by atoms with E-state index < -0.39 is 17.8 Å². The second-order valence-electron chi connectivity index (χ2n) is 7.69. The van der Waals surface area contributed by atoms with E-state index in [2.05, 4.69) is 24.5 Å². The minimum atomic E-state index is -4.57. The van der Waals surface area contributed by atoms with Crippen LogP contribution >= 0.6 is 0 Å². The van der Waals surface area contributed by atoms with Crippen LogP contribution in [0.2, 0.25) is 0 Å². The molecule has 0 fully saturated rings. The average molecular weight is 419 g/mol. The number of para-hydroxylation sites is 1. The largest absolute Gasteiger partial charge is 0.418 e. The fourth-order valence-electron chi connectivity index (χ4n) is 3.39. The number of hydrogen-bond acceptors (Lipinski definition) is 2. The fourth-order valence-corrected chi connectivity index (χ4v) is 3.39. The first-order valence-electron chi connectivity index (χ1n) is 9.82. The van der Waals surface area contributed by atoms with Crippen molar-refractivity contribution in [2.45, 2.75) is 39.3 Å². The Kier molecular flexibility index (Phi) is 6.34. The van der Waals surface area contributed by atoms with Crippen LogP contribution in [0.4, 0.5) is 35.0 Å². The summed E-state index contributed by atoms with van der Waals surface area (Å²) in [4.78, 5) is 26.3. The van der Waals surface area contributed by atoms with E-state index >= 15 is 0 Å². The van der Waals surface area contributed by atoms with E-state index in [1.54, 1.807) is 23.1 Å². The molecule has 2 aromatic rings. The van der Waals surface area contributed by atoms with Gasteiger partial charge in [-0.1, -0.05) is 26.0 Å². The standard InChI is InChI=1S/C22H24F3N3O2/c1-14(2)11-12-28-19-9-8-16(13-15(19)7-10-20(28)29)26-21(30)27-18-6-4-3-5-17(18)22(23,24)25/h3-6,8-9,13-14H,7,10-12H2,1-2H3,(H2,26,27,30). The van der Waals surface area contributed by atoms with Gasteiger partial charge in [0.25, 0.3) is 0 Å². The molecule has 0 bridgehead atoms. The SMILES string of the molecule is CC(C)CCN1C(=O)CCc2cc(NC(=O)Nc3ccccc3C(F)(F)F)ccc21. The van der Waals surface area contributed by atoms with Crippen molar-refractivity contribution in [3.63, 3.8) is 0 Å². The molecule has 5 nitrogen and oxygen atoms in total. The molecule has 1 aliphatic heterocycles. The molecule has 3 amide bonds. The van der Waals surface area contributed by atoms with E-state index in [0.29, 0.717) is 31.0 Å². The number of alkyl halides is 3. The van der Waals surface area contributed by atoms with Crippen LogP contribution in [0.1, 0.15) is 37.8 Å². The van der Waals surface area contributed by atoms with Crippen LogP contribution in [0.25, 0.3) is 0 Å². The Balaban J connectivity index is 1.73. The van der Waals surface area contributed by atoms with Gasteiger partial charge in [-0.15, -0.1) is 0 Å². The zero-order valence-corrected chi connectivity index (χ0v) is 16.8. The summed E-state index contributed by atoms with van der Waals surface area (Å²) >= 11 is 0. The number of anilines is 3. The number of carbonyl (C=O) groups excluding carboxylic acids is 2. The van der Waals surface area contributed by atoms with Crippen molar-refractivity contribution in [3.05, 3.63) is 53.6 Å². The van der Waals surface area contributed by atoms with Crippen molar-refractivity contribution in [3.8, 4) is 0 Å². The van der Waals surface area contributed by atoms with Crippen LogP contribution in [0.15, 0.2) is 42.5 Å². The number of benzene rings is 2. The number of urea groups is 1. The maximum absolute atomic E-state index is 13.1. The van der Waals surface area contributed by atoms with Gasteiger partial charge in [-0.25, -0.2) is 4.79 Å². The first-order valence-corrected chi connectivity index (χ1v) is 9.82. The highest BCUT2D eigenvalue weighted by Crippen LogP contribution is 2.35. The molecule has 0 saturated heterocycles. The van der Waals surface area contributed by atoms with Gasteiger partial charge in [-0.05, 0) is 54.7 Å². The van der Waals surface area contributed by atoms with Crippen LogP contribution in [0.5, 0.6) is 0 Å². The molecule has 1 aliphatic rings. The number of nitrogens with zero attached hydrogens (tertiary/aromatic N) is 1.